The molecule has 0 saturated carbocycles. The summed E-state index contributed by atoms with van der Waals surface area (Å²) in [5.41, 5.74) is 12.3. The Morgan fingerprint density at radius 2 is 1.41 bits per heavy atom. The van der Waals surface area contributed by atoms with Crippen LogP contribution in [-0.4, -0.2) is 9.97 Å². The largest absolute Gasteiger partial charge is 0.321 e. The first kappa shape index (κ1) is 32.9. The third-order valence-corrected chi connectivity index (χ3v) is 8.79. The molecular formula is C46H41N3. The van der Waals surface area contributed by atoms with Crippen LogP contribution in [0.3, 0.4) is 0 Å². The fraction of sp³-hybridized carbons (Fsp3) is 0.0870. The first-order valence-corrected chi connectivity index (χ1v) is 16.7. The molecule has 0 radical (unpaired) electrons. The van der Waals surface area contributed by atoms with Crippen molar-refractivity contribution in [3.8, 4) is 11.1 Å². The van der Waals surface area contributed by atoms with Gasteiger partial charge in [-0.3, -0.25) is 9.97 Å². The highest BCUT2D eigenvalue weighted by Gasteiger charge is 2.08. The molecule has 2 aromatic heterocycles. The van der Waals surface area contributed by atoms with E-state index in [1.807, 2.05) is 30.6 Å². The number of hydrogen-bond donors (Lipinski definition) is 0. The van der Waals surface area contributed by atoms with Crippen molar-refractivity contribution in [2.45, 2.75) is 27.2 Å². The molecule has 0 unspecified atom stereocenters. The van der Waals surface area contributed by atoms with Crippen LogP contribution in [0.15, 0.2) is 199 Å². The lowest BCUT2D eigenvalue weighted by Gasteiger charge is -2.22. The third-order valence-electron chi connectivity index (χ3n) is 8.79. The zero-order chi connectivity index (χ0) is 34.0. The summed E-state index contributed by atoms with van der Waals surface area (Å²) in [6, 6.07) is 29.6. The lowest BCUT2D eigenvalue weighted by Crippen LogP contribution is -2.12. The molecule has 0 atom stereocenters. The highest BCUT2D eigenvalue weighted by molar-refractivity contribution is 5.86. The predicted octanol–water partition coefficient (Wildman–Crippen LogP) is 12.3. The molecule has 1 aliphatic rings. The number of nitrogens with zero attached hydrogens (tertiary/aromatic N) is 3. The zero-order valence-electron chi connectivity index (χ0n) is 28.4. The molecular weight excluding hydrogens is 595 g/mol. The molecule has 2 heterocycles. The Labute approximate surface area is 290 Å². The molecule has 0 amide bonds. The summed E-state index contributed by atoms with van der Waals surface area (Å²) in [7, 11) is 0. The van der Waals surface area contributed by atoms with E-state index < -0.39 is 0 Å². The molecule has 3 heteroatoms. The zero-order valence-corrected chi connectivity index (χ0v) is 28.4. The molecule has 5 aromatic rings. The number of hydrogen-bond acceptors (Lipinski definition) is 3. The molecule has 3 nitrogen and oxygen atoms in total. The van der Waals surface area contributed by atoms with Gasteiger partial charge in [-0.15, -0.1) is 0 Å². The molecule has 240 valence electrons. The normalized spacial score (nSPS) is 15.1. The first-order chi connectivity index (χ1) is 24.0. The lowest BCUT2D eigenvalue weighted by atomic mass is 10.0. The van der Waals surface area contributed by atoms with Crippen LogP contribution in [0.1, 0.15) is 32.8 Å². The highest BCUT2D eigenvalue weighted by atomic mass is 15.1. The third kappa shape index (κ3) is 8.27. The van der Waals surface area contributed by atoms with Crippen LogP contribution in [-0.2, 0) is 0 Å². The molecule has 6 rings (SSSR count). The number of allylic oxidation sites excluding steroid dienone is 16. The monoisotopic (exact) mass is 635 g/mol. The number of aromatic nitrogens is 2. The highest BCUT2D eigenvalue weighted by Crippen LogP contribution is 2.28. The summed E-state index contributed by atoms with van der Waals surface area (Å²) in [6.07, 6.45) is 30.2. The van der Waals surface area contributed by atoms with E-state index in [9.17, 15) is 0 Å². The van der Waals surface area contributed by atoms with Crippen molar-refractivity contribution in [3.63, 3.8) is 0 Å². The SMILES string of the molecule is C=C/C(=C\C=C\N(/C(C)=C/C=C(C)/C(C)=C/C=C1/C=CC=CC1)c1ccc(-c2ccc3cccnc3c2)cc1)c1ccc2cccnc2c1. The number of anilines is 1. The molecule has 0 fully saturated rings. The van der Waals surface area contributed by atoms with E-state index in [-0.39, 0.29) is 0 Å². The number of fused-ring (bicyclic) bond motifs is 2. The maximum absolute atomic E-state index is 4.55. The molecule has 0 saturated heterocycles. The maximum atomic E-state index is 4.55. The minimum atomic E-state index is 0.967. The molecule has 1 aliphatic carbocycles. The van der Waals surface area contributed by atoms with Crippen molar-refractivity contribution in [1.82, 2.24) is 9.97 Å². The van der Waals surface area contributed by atoms with Crippen molar-refractivity contribution in [1.29, 1.82) is 0 Å². The van der Waals surface area contributed by atoms with Gasteiger partial charge in [0.25, 0.3) is 0 Å². The van der Waals surface area contributed by atoms with Crippen LogP contribution < -0.4 is 4.90 Å². The molecule has 0 bridgehead atoms. The minimum absolute atomic E-state index is 0.967. The molecule has 0 spiro atoms. The van der Waals surface area contributed by atoms with Crippen LogP contribution >= 0.6 is 0 Å². The Morgan fingerprint density at radius 3 is 2.12 bits per heavy atom. The van der Waals surface area contributed by atoms with Gasteiger partial charge >= 0.3 is 0 Å². The first-order valence-electron chi connectivity index (χ1n) is 16.7. The van der Waals surface area contributed by atoms with Gasteiger partial charge in [-0.1, -0.05) is 110 Å². The van der Waals surface area contributed by atoms with E-state index in [2.05, 4.69) is 182 Å². The van der Waals surface area contributed by atoms with Crippen LogP contribution in [0.2, 0.25) is 0 Å². The van der Waals surface area contributed by atoms with Crippen molar-refractivity contribution in [3.05, 3.63) is 205 Å². The summed E-state index contributed by atoms with van der Waals surface area (Å²) < 4.78 is 0. The second-order valence-electron chi connectivity index (χ2n) is 12.1. The lowest BCUT2D eigenvalue weighted by molar-refractivity contribution is 1.15. The summed E-state index contributed by atoms with van der Waals surface area (Å²) in [4.78, 5) is 11.3. The van der Waals surface area contributed by atoms with Gasteiger partial charge in [0.15, 0.2) is 0 Å². The van der Waals surface area contributed by atoms with Gasteiger partial charge < -0.3 is 4.90 Å². The smallest absolute Gasteiger partial charge is 0.0708 e. The van der Waals surface area contributed by atoms with Crippen LogP contribution in [0.4, 0.5) is 5.69 Å². The van der Waals surface area contributed by atoms with Crippen molar-refractivity contribution in [2.24, 2.45) is 0 Å². The summed E-state index contributed by atoms with van der Waals surface area (Å²) in [6.45, 7) is 10.6. The van der Waals surface area contributed by atoms with E-state index in [4.69, 9.17) is 0 Å². The quantitative estimate of drug-likeness (QED) is 0.143. The summed E-state index contributed by atoms with van der Waals surface area (Å²) in [5, 5.41) is 2.26. The summed E-state index contributed by atoms with van der Waals surface area (Å²) in [5.74, 6) is 0. The Kier molecular flexibility index (Phi) is 10.5. The Hall–Kier alpha value is -6.06. The van der Waals surface area contributed by atoms with Gasteiger partial charge in [0.05, 0.1) is 11.0 Å². The Bertz CT molecular complexity index is 2230. The van der Waals surface area contributed by atoms with E-state index in [1.54, 1.807) is 0 Å². The second kappa shape index (κ2) is 15.7. The number of pyridine rings is 2. The number of rotatable bonds is 10. The van der Waals surface area contributed by atoms with Crippen molar-refractivity contribution >= 4 is 33.1 Å². The fourth-order valence-corrected chi connectivity index (χ4v) is 5.70. The van der Waals surface area contributed by atoms with Gasteiger partial charge in [0, 0.05) is 40.8 Å². The standard InChI is InChI=1S/C46H41N3/c1-5-38(42-23-21-40-14-9-29-47-45(40)32-42)16-11-31-49(36(4)19-17-34(2)35(3)18-20-37-12-7-6-8-13-37)44-27-25-39(26-28-44)43-24-22-41-15-10-30-48-46(41)33-43/h5-12,14-33H,1,13H2,2-4H3/b31-11+,34-17+,35-18+,36-19+,37-20-,38-16+. The number of benzene rings is 3. The topological polar surface area (TPSA) is 29.0 Å². The predicted molar refractivity (Wildman–Crippen MR) is 211 cm³/mol. The molecule has 49 heavy (non-hydrogen) atoms. The summed E-state index contributed by atoms with van der Waals surface area (Å²) >= 11 is 0. The van der Waals surface area contributed by atoms with Gasteiger partial charge in [-0.2, -0.15) is 0 Å². The van der Waals surface area contributed by atoms with Crippen molar-refractivity contribution in [2.75, 3.05) is 4.90 Å². The van der Waals surface area contributed by atoms with Crippen LogP contribution in [0.5, 0.6) is 0 Å². The van der Waals surface area contributed by atoms with Crippen LogP contribution in [0.25, 0.3) is 38.5 Å². The average Bonchev–Trinajstić information content (AvgIpc) is 3.16. The minimum Gasteiger partial charge on any atom is -0.321 e. The molecule has 0 N–H and O–H groups in total. The van der Waals surface area contributed by atoms with E-state index >= 15 is 0 Å². The van der Waals surface area contributed by atoms with Crippen molar-refractivity contribution < 1.29 is 0 Å². The van der Waals surface area contributed by atoms with Gasteiger partial charge in [-0.25, -0.2) is 0 Å². The average molecular weight is 636 g/mol. The van der Waals surface area contributed by atoms with E-state index in [0.717, 1.165) is 61.9 Å². The van der Waals surface area contributed by atoms with Crippen LogP contribution in [0, 0.1) is 0 Å². The Morgan fingerprint density at radius 1 is 0.714 bits per heavy atom. The van der Waals surface area contributed by atoms with Gasteiger partial charge in [-0.05, 0) is 115 Å². The molecule has 0 aliphatic heterocycles. The Balaban J connectivity index is 1.30. The second-order valence-corrected chi connectivity index (χ2v) is 12.1. The van der Waals surface area contributed by atoms with Gasteiger partial charge in [0.2, 0.25) is 0 Å². The van der Waals surface area contributed by atoms with E-state index in [1.165, 1.54) is 16.7 Å². The maximum Gasteiger partial charge on any atom is 0.0708 e. The molecule has 3 aromatic carbocycles. The van der Waals surface area contributed by atoms with Gasteiger partial charge in [0.1, 0.15) is 0 Å². The van der Waals surface area contributed by atoms with E-state index in [0.29, 0.717) is 0 Å². The fourth-order valence-electron chi connectivity index (χ4n) is 5.70.